The zero-order valence-corrected chi connectivity index (χ0v) is 13.9. The molecular weight excluding hydrogens is 258 g/mol. The van der Waals surface area contributed by atoms with E-state index in [1.807, 2.05) is 0 Å². The average Bonchev–Trinajstić information content (AvgIpc) is 2.46. The lowest BCUT2D eigenvalue weighted by Gasteiger charge is -2.41. The van der Waals surface area contributed by atoms with Crippen molar-refractivity contribution in [3.63, 3.8) is 0 Å². The first-order chi connectivity index (χ1) is 10.1. The lowest BCUT2D eigenvalue weighted by Crippen LogP contribution is -2.40. The van der Waals surface area contributed by atoms with Gasteiger partial charge in [-0.1, -0.05) is 51.5 Å². The number of hydrogen-bond acceptors (Lipinski definition) is 2. The molecule has 0 amide bonds. The maximum absolute atomic E-state index is 9.23. The summed E-state index contributed by atoms with van der Waals surface area (Å²) < 4.78 is 0. The standard InChI is InChI=1S/C19H31NO/c1-4-7-15(11-13-21)14-20-18-17-9-6-5-8-16(17)10-12-19(18,2)3/h5-6,8-9,15,18,20-21H,4,7,10-14H2,1-3H3. The first-order valence-corrected chi connectivity index (χ1v) is 8.50. The van der Waals surface area contributed by atoms with E-state index in [1.54, 1.807) is 0 Å². The van der Waals surface area contributed by atoms with Crippen molar-refractivity contribution in [2.45, 2.75) is 58.9 Å². The van der Waals surface area contributed by atoms with E-state index < -0.39 is 0 Å². The highest BCUT2D eigenvalue weighted by Gasteiger charge is 2.35. The third-order valence-corrected chi connectivity index (χ3v) is 5.03. The Morgan fingerprint density at radius 2 is 2.05 bits per heavy atom. The van der Waals surface area contributed by atoms with Gasteiger partial charge in [0.15, 0.2) is 0 Å². The van der Waals surface area contributed by atoms with Gasteiger partial charge in [0.25, 0.3) is 0 Å². The number of aryl methyl sites for hydroxylation is 1. The Hall–Kier alpha value is -0.860. The van der Waals surface area contributed by atoms with Crippen molar-refractivity contribution in [3.8, 4) is 0 Å². The van der Waals surface area contributed by atoms with E-state index >= 15 is 0 Å². The van der Waals surface area contributed by atoms with Crippen LogP contribution in [0.4, 0.5) is 0 Å². The molecule has 2 rings (SSSR count). The van der Waals surface area contributed by atoms with E-state index in [0.29, 0.717) is 24.0 Å². The summed E-state index contributed by atoms with van der Waals surface area (Å²) in [6.07, 6.45) is 5.73. The molecule has 0 aromatic heterocycles. The van der Waals surface area contributed by atoms with E-state index in [4.69, 9.17) is 0 Å². The number of fused-ring (bicyclic) bond motifs is 1. The summed E-state index contributed by atoms with van der Waals surface area (Å²) in [5, 5.41) is 13.1. The van der Waals surface area contributed by atoms with Gasteiger partial charge >= 0.3 is 0 Å². The molecule has 0 fully saturated rings. The van der Waals surface area contributed by atoms with E-state index in [0.717, 1.165) is 13.0 Å². The van der Waals surface area contributed by atoms with Crippen LogP contribution in [0, 0.1) is 11.3 Å². The zero-order chi connectivity index (χ0) is 15.3. The van der Waals surface area contributed by atoms with Crippen molar-refractivity contribution in [2.75, 3.05) is 13.2 Å². The van der Waals surface area contributed by atoms with Gasteiger partial charge in [-0.05, 0) is 54.7 Å². The summed E-state index contributed by atoms with van der Waals surface area (Å²) in [7, 11) is 0. The number of hydrogen-bond donors (Lipinski definition) is 2. The molecule has 1 aliphatic rings. The number of rotatable bonds is 7. The molecule has 0 saturated heterocycles. The second-order valence-corrected chi connectivity index (χ2v) is 7.20. The van der Waals surface area contributed by atoms with Crippen LogP contribution < -0.4 is 5.32 Å². The summed E-state index contributed by atoms with van der Waals surface area (Å²) in [6.45, 7) is 8.29. The smallest absolute Gasteiger partial charge is 0.0434 e. The number of benzene rings is 1. The molecule has 1 aromatic rings. The topological polar surface area (TPSA) is 32.3 Å². The van der Waals surface area contributed by atoms with Crippen LogP contribution in [0.1, 0.15) is 63.6 Å². The molecule has 2 atom stereocenters. The predicted molar refractivity (Wildman–Crippen MR) is 89.4 cm³/mol. The van der Waals surface area contributed by atoms with E-state index in [2.05, 4.69) is 50.4 Å². The summed E-state index contributed by atoms with van der Waals surface area (Å²) >= 11 is 0. The van der Waals surface area contributed by atoms with Gasteiger partial charge < -0.3 is 10.4 Å². The van der Waals surface area contributed by atoms with Gasteiger partial charge in [0.1, 0.15) is 0 Å². The summed E-state index contributed by atoms with van der Waals surface area (Å²) in [5.74, 6) is 0.588. The Labute approximate surface area is 130 Å². The maximum Gasteiger partial charge on any atom is 0.0434 e. The minimum Gasteiger partial charge on any atom is -0.396 e. The van der Waals surface area contributed by atoms with Crippen molar-refractivity contribution in [1.82, 2.24) is 5.32 Å². The molecule has 118 valence electrons. The van der Waals surface area contributed by atoms with E-state index in [-0.39, 0.29) is 0 Å². The zero-order valence-electron chi connectivity index (χ0n) is 13.9. The Morgan fingerprint density at radius 3 is 2.76 bits per heavy atom. The summed E-state index contributed by atoms with van der Waals surface area (Å²) in [4.78, 5) is 0. The molecule has 0 spiro atoms. The van der Waals surface area contributed by atoms with Gasteiger partial charge in [-0.2, -0.15) is 0 Å². The summed E-state index contributed by atoms with van der Waals surface area (Å²) in [6, 6.07) is 9.30. The van der Waals surface area contributed by atoms with Crippen molar-refractivity contribution >= 4 is 0 Å². The summed E-state index contributed by atoms with van der Waals surface area (Å²) in [5.41, 5.74) is 3.28. The predicted octanol–water partition coefficient (Wildman–Crippen LogP) is 4.09. The molecule has 0 saturated carbocycles. The third kappa shape index (κ3) is 4.08. The molecule has 0 bridgehead atoms. The molecule has 21 heavy (non-hydrogen) atoms. The van der Waals surface area contributed by atoms with Gasteiger partial charge in [0.2, 0.25) is 0 Å². The average molecular weight is 289 g/mol. The molecule has 2 nitrogen and oxygen atoms in total. The minimum absolute atomic E-state index is 0.296. The first-order valence-electron chi connectivity index (χ1n) is 8.50. The maximum atomic E-state index is 9.23. The Bertz CT molecular complexity index is 435. The number of aliphatic hydroxyl groups excluding tert-OH is 1. The van der Waals surface area contributed by atoms with Gasteiger partial charge in [-0.25, -0.2) is 0 Å². The monoisotopic (exact) mass is 289 g/mol. The molecule has 2 N–H and O–H groups in total. The molecule has 0 aliphatic heterocycles. The molecule has 1 aromatic carbocycles. The van der Waals surface area contributed by atoms with Crippen LogP contribution in [0.5, 0.6) is 0 Å². The fourth-order valence-electron chi connectivity index (χ4n) is 3.68. The van der Waals surface area contributed by atoms with Crippen LogP contribution in [0.15, 0.2) is 24.3 Å². The SMILES string of the molecule is CCCC(CCO)CNC1c2ccccc2CCC1(C)C. The van der Waals surface area contributed by atoms with Gasteiger partial charge in [0, 0.05) is 12.6 Å². The van der Waals surface area contributed by atoms with Gasteiger partial charge in [-0.15, -0.1) is 0 Å². The highest BCUT2D eigenvalue weighted by molar-refractivity contribution is 5.34. The van der Waals surface area contributed by atoms with Crippen molar-refractivity contribution in [3.05, 3.63) is 35.4 Å². The molecule has 2 unspecified atom stereocenters. The second-order valence-electron chi connectivity index (χ2n) is 7.20. The normalized spacial score (nSPS) is 21.8. The van der Waals surface area contributed by atoms with Crippen LogP contribution in [-0.4, -0.2) is 18.3 Å². The lowest BCUT2D eigenvalue weighted by molar-refractivity contribution is 0.190. The molecule has 0 radical (unpaired) electrons. The Balaban J connectivity index is 2.09. The lowest BCUT2D eigenvalue weighted by atomic mass is 9.70. The van der Waals surface area contributed by atoms with Crippen molar-refractivity contribution < 1.29 is 5.11 Å². The molecule has 2 heteroatoms. The highest BCUT2D eigenvalue weighted by atomic mass is 16.3. The largest absolute Gasteiger partial charge is 0.396 e. The van der Waals surface area contributed by atoms with Crippen LogP contribution in [-0.2, 0) is 6.42 Å². The first kappa shape index (κ1) is 16.5. The quantitative estimate of drug-likeness (QED) is 0.792. The Morgan fingerprint density at radius 1 is 1.29 bits per heavy atom. The number of aliphatic hydroxyl groups is 1. The van der Waals surface area contributed by atoms with E-state index in [1.165, 1.54) is 36.8 Å². The highest BCUT2D eigenvalue weighted by Crippen LogP contribution is 2.43. The Kier molecular flexibility index (Phi) is 5.83. The fraction of sp³-hybridized carbons (Fsp3) is 0.684. The minimum atomic E-state index is 0.296. The number of nitrogens with one attached hydrogen (secondary N) is 1. The van der Waals surface area contributed by atoms with Crippen LogP contribution in [0.3, 0.4) is 0 Å². The van der Waals surface area contributed by atoms with Gasteiger partial charge in [-0.3, -0.25) is 0 Å². The van der Waals surface area contributed by atoms with Crippen LogP contribution >= 0.6 is 0 Å². The molecule has 0 heterocycles. The van der Waals surface area contributed by atoms with Crippen LogP contribution in [0.25, 0.3) is 0 Å². The van der Waals surface area contributed by atoms with Crippen molar-refractivity contribution in [1.29, 1.82) is 0 Å². The third-order valence-electron chi connectivity index (χ3n) is 5.03. The van der Waals surface area contributed by atoms with Crippen LogP contribution in [0.2, 0.25) is 0 Å². The molecule has 1 aliphatic carbocycles. The van der Waals surface area contributed by atoms with Gasteiger partial charge in [0.05, 0.1) is 0 Å². The van der Waals surface area contributed by atoms with E-state index in [9.17, 15) is 5.11 Å². The molecular formula is C19H31NO. The van der Waals surface area contributed by atoms with Crippen molar-refractivity contribution in [2.24, 2.45) is 11.3 Å². The fourth-order valence-corrected chi connectivity index (χ4v) is 3.68. The second kappa shape index (κ2) is 7.42.